The van der Waals surface area contributed by atoms with Crippen molar-refractivity contribution in [1.29, 1.82) is 0 Å². The van der Waals surface area contributed by atoms with E-state index in [1.54, 1.807) is 11.0 Å². The molecule has 0 aliphatic carbocycles. The van der Waals surface area contributed by atoms with E-state index in [0.29, 0.717) is 30.7 Å². The molecule has 2 heterocycles. The van der Waals surface area contributed by atoms with Gasteiger partial charge in [-0.3, -0.25) is 4.90 Å². The van der Waals surface area contributed by atoms with Gasteiger partial charge in [-0.05, 0) is 64.7 Å². The van der Waals surface area contributed by atoms with Crippen LogP contribution in [0.15, 0.2) is 36.9 Å². The van der Waals surface area contributed by atoms with Crippen LogP contribution in [-0.4, -0.2) is 83.4 Å². The van der Waals surface area contributed by atoms with Crippen molar-refractivity contribution >= 4 is 23.8 Å². The van der Waals surface area contributed by atoms with E-state index in [0.717, 1.165) is 25.8 Å². The third-order valence-electron chi connectivity index (χ3n) is 6.41. The number of hydrogen-bond acceptors (Lipinski definition) is 5. The number of benzene rings is 1. The van der Waals surface area contributed by atoms with Crippen molar-refractivity contribution in [3.8, 4) is 0 Å². The summed E-state index contributed by atoms with van der Waals surface area (Å²) < 4.78 is 10.9. The molecule has 2 amide bonds. The number of halogens is 1. The number of ether oxygens (including phenoxy) is 2. The highest BCUT2D eigenvalue weighted by molar-refractivity contribution is 6.30. The largest absolute Gasteiger partial charge is 0.445 e. The van der Waals surface area contributed by atoms with E-state index in [2.05, 4.69) is 30.5 Å². The summed E-state index contributed by atoms with van der Waals surface area (Å²) in [5, 5.41) is 0.712. The molecule has 34 heavy (non-hydrogen) atoms. The first-order chi connectivity index (χ1) is 16.1. The van der Waals surface area contributed by atoms with Gasteiger partial charge in [-0.1, -0.05) is 36.4 Å². The molecule has 2 aliphatic heterocycles. The molecule has 1 aromatic carbocycles. The Kier molecular flexibility index (Phi) is 8.88. The standard InChI is InChI=1S/C26H38ClN3O4/c1-6-15-33-24(31)28-13-11-22(12-14-28)30-17-19(2)29(25(32)34-26(3,4)5)18-23(30)16-20-7-9-21(27)10-8-20/h6-10,19,22-23H,1,11-18H2,2-5H3/t19-,23-/m0/s1. The van der Waals surface area contributed by atoms with Crippen molar-refractivity contribution in [2.24, 2.45) is 0 Å². The third-order valence-corrected chi connectivity index (χ3v) is 6.66. The summed E-state index contributed by atoms with van der Waals surface area (Å²) in [5.41, 5.74) is 0.649. The number of piperidine rings is 1. The number of carbonyl (C=O) groups is 2. The number of likely N-dealkylation sites (tertiary alicyclic amines) is 1. The Labute approximate surface area is 208 Å². The van der Waals surface area contributed by atoms with Gasteiger partial charge in [0, 0.05) is 49.3 Å². The van der Waals surface area contributed by atoms with Gasteiger partial charge in [-0.25, -0.2) is 9.59 Å². The Morgan fingerprint density at radius 2 is 1.76 bits per heavy atom. The fourth-order valence-corrected chi connectivity index (χ4v) is 4.89. The number of nitrogens with zero attached hydrogens (tertiary/aromatic N) is 3. The molecule has 0 bridgehead atoms. The summed E-state index contributed by atoms with van der Waals surface area (Å²) >= 11 is 6.09. The summed E-state index contributed by atoms with van der Waals surface area (Å²) in [7, 11) is 0. The molecule has 1 aromatic rings. The van der Waals surface area contributed by atoms with Crippen LogP contribution < -0.4 is 0 Å². The van der Waals surface area contributed by atoms with Gasteiger partial charge in [0.25, 0.3) is 0 Å². The van der Waals surface area contributed by atoms with Crippen LogP contribution in [0, 0.1) is 0 Å². The van der Waals surface area contributed by atoms with Crippen molar-refractivity contribution < 1.29 is 19.1 Å². The minimum atomic E-state index is -0.535. The highest BCUT2D eigenvalue weighted by atomic mass is 35.5. The van der Waals surface area contributed by atoms with Crippen LogP contribution in [0.1, 0.15) is 46.1 Å². The van der Waals surface area contributed by atoms with E-state index >= 15 is 0 Å². The predicted molar refractivity (Wildman–Crippen MR) is 134 cm³/mol. The third kappa shape index (κ3) is 7.12. The number of amides is 2. The molecular weight excluding hydrogens is 454 g/mol. The molecule has 7 nitrogen and oxygen atoms in total. The summed E-state index contributed by atoms with van der Waals surface area (Å²) in [5.74, 6) is 0. The molecule has 0 N–H and O–H groups in total. The molecule has 2 fully saturated rings. The first-order valence-corrected chi connectivity index (χ1v) is 12.5. The van der Waals surface area contributed by atoms with Gasteiger partial charge >= 0.3 is 12.2 Å². The van der Waals surface area contributed by atoms with Crippen molar-refractivity contribution in [2.75, 3.05) is 32.8 Å². The smallest absolute Gasteiger partial charge is 0.410 e. The predicted octanol–water partition coefficient (Wildman–Crippen LogP) is 4.98. The molecule has 2 saturated heterocycles. The minimum Gasteiger partial charge on any atom is -0.445 e. The van der Waals surface area contributed by atoms with Gasteiger partial charge in [0.1, 0.15) is 12.2 Å². The zero-order valence-electron chi connectivity index (χ0n) is 20.8. The molecular formula is C26H38ClN3O4. The topological polar surface area (TPSA) is 62.3 Å². The first kappa shape index (κ1) is 26.4. The molecule has 0 spiro atoms. The molecule has 0 saturated carbocycles. The fourth-order valence-electron chi connectivity index (χ4n) is 4.76. The lowest BCUT2D eigenvalue weighted by Crippen LogP contribution is -2.63. The number of hydrogen-bond donors (Lipinski definition) is 0. The highest BCUT2D eigenvalue weighted by Crippen LogP contribution is 2.28. The number of carbonyl (C=O) groups excluding carboxylic acids is 2. The van der Waals surface area contributed by atoms with E-state index in [4.69, 9.17) is 21.1 Å². The van der Waals surface area contributed by atoms with Crippen LogP contribution in [0.5, 0.6) is 0 Å². The normalized spacial score (nSPS) is 22.4. The Morgan fingerprint density at radius 1 is 1.12 bits per heavy atom. The Balaban J connectivity index is 1.72. The maximum absolute atomic E-state index is 13.0. The zero-order chi connectivity index (χ0) is 24.9. The Bertz CT molecular complexity index is 847. The van der Waals surface area contributed by atoms with Gasteiger partial charge in [0.15, 0.2) is 0 Å². The van der Waals surface area contributed by atoms with Crippen molar-refractivity contribution in [3.63, 3.8) is 0 Å². The molecule has 2 atom stereocenters. The summed E-state index contributed by atoms with van der Waals surface area (Å²) in [6, 6.07) is 8.44. The Morgan fingerprint density at radius 3 is 2.35 bits per heavy atom. The van der Waals surface area contributed by atoms with Gasteiger partial charge < -0.3 is 19.3 Å². The molecule has 2 aliphatic rings. The lowest BCUT2D eigenvalue weighted by Gasteiger charge is -2.50. The van der Waals surface area contributed by atoms with Gasteiger partial charge in [-0.15, -0.1) is 0 Å². The van der Waals surface area contributed by atoms with E-state index in [-0.39, 0.29) is 30.9 Å². The van der Waals surface area contributed by atoms with Crippen LogP contribution >= 0.6 is 11.6 Å². The van der Waals surface area contributed by atoms with Crippen LogP contribution in [0.2, 0.25) is 5.02 Å². The quantitative estimate of drug-likeness (QED) is 0.543. The van der Waals surface area contributed by atoms with E-state index in [1.165, 1.54) is 5.56 Å². The average Bonchev–Trinajstić information content (AvgIpc) is 2.78. The van der Waals surface area contributed by atoms with Crippen molar-refractivity contribution in [3.05, 3.63) is 47.5 Å². The monoisotopic (exact) mass is 491 g/mol. The first-order valence-electron chi connectivity index (χ1n) is 12.1. The SMILES string of the molecule is C=CCOC(=O)N1CCC(N2C[C@H](C)N(C(=O)OC(C)(C)C)C[C@@H]2Cc2ccc(Cl)cc2)CC1. The minimum absolute atomic E-state index is 0.0342. The maximum Gasteiger partial charge on any atom is 0.410 e. The van der Waals surface area contributed by atoms with Crippen LogP contribution in [0.4, 0.5) is 9.59 Å². The van der Waals surface area contributed by atoms with Gasteiger partial charge in [0.05, 0.1) is 0 Å². The number of rotatable bonds is 5. The molecule has 8 heteroatoms. The van der Waals surface area contributed by atoms with Crippen LogP contribution in [-0.2, 0) is 15.9 Å². The fraction of sp³-hybridized carbons (Fsp3) is 0.615. The highest BCUT2D eigenvalue weighted by Gasteiger charge is 2.40. The lowest BCUT2D eigenvalue weighted by atomic mass is 9.94. The second kappa shape index (κ2) is 11.5. The lowest BCUT2D eigenvalue weighted by molar-refractivity contribution is -0.0311. The van der Waals surface area contributed by atoms with Crippen molar-refractivity contribution in [1.82, 2.24) is 14.7 Å². The molecule has 188 valence electrons. The summed E-state index contributed by atoms with van der Waals surface area (Å²) in [4.78, 5) is 31.4. The van der Waals surface area contributed by atoms with Gasteiger partial charge in [-0.2, -0.15) is 0 Å². The zero-order valence-corrected chi connectivity index (χ0v) is 21.6. The molecule has 3 rings (SSSR count). The Hall–Kier alpha value is -2.25. The molecule has 0 radical (unpaired) electrons. The van der Waals surface area contributed by atoms with E-state index in [1.807, 2.05) is 37.8 Å². The summed E-state index contributed by atoms with van der Waals surface area (Å²) in [6.45, 7) is 14.3. The maximum atomic E-state index is 13.0. The van der Waals surface area contributed by atoms with Crippen LogP contribution in [0.3, 0.4) is 0 Å². The molecule has 0 unspecified atom stereocenters. The van der Waals surface area contributed by atoms with E-state index in [9.17, 15) is 9.59 Å². The average molecular weight is 492 g/mol. The van der Waals surface area contributed by atoms with Gasteiger partial charge in [0.2, 0.25) is 0 Å². The number of piperazine rings is 1. The molecule has 0 aromatic heterocycles. The van der Waals surface area contributed by atoms with Crippen LogP contribution in [0.25, 0.3) is 0 Å². The second-order valence-corrected chi connectivity index (χ2v) is 10.7. The van der Waals surface area contributed by atoms with E-state index < -0.39 is 5.60 Å². The summed E-state index contributed by atoms with van der Waals surface area (Å²) in [6.07, 6.45) is 3.60. The van der Waals surface area contributed by atoms with Crippen molar-refractivity contribution in [2.45, 2.75) is 70.7 Å². The second-order valence-electron chi connectivity index (χ2n) is 10.2.